The van der Waals surface area contributed by atoms with Crippen LogP contribution in [0, 0.1) is 0 Å². The molecular formula is C12H17NO2. The topological polar surface area (TPSA) is 41.5 Å². The minimum Gasteiger partial charge on any atom is -0.504 e. The summed E-state index contributed by atoms with van der Waals surface area (Å²) in [6.07, 6.45) is 2.04. The van der Waals surface area contributed by atoms with Crippen LogP contribution in [0.15, 0.2) is 12.1 Å². The summed E-state index contributed by atoms with van der Waals surface area (Å²) in [6.45, 7) is 3.15. The molecule has 2 N–H and O–H groups in total. The molecule has 15 heavy (non-hydrogen) atoms. The number of ether oxygens (including phenoxy) is 1. The Balaban J connectivity index is 2.45. The fourth-order valence-electron chi connectivity index (χ4n) is 2.19. The number of phenols is 1. The highest BCUT2D eigenvalue weighted by Crippen LogP contribution is 2.35. The Labute approximate surface area is 90.1 Å². The van der Waals surface area contributed by atoms with E-state index in [4.69, 9.17) is 4.74 Å². The number of nitrogens with one attached hydrogen (secondary N) is 1. The Hall–Kier alpha value is -1.22. The van der Waals surface area contributed by atoms with E-state index in [1.807, 2.05) is 12.1 Å². The Kier molecular flexibility index (Phi) is 2.82. The van der Waals surface area contributed by atoms with Gasteiger partial charge in [0, 0.05) is 6.04 Å². The third-order valence-electron chi connectivity index (χ3n) is 3.01. The molecule has 1 aromatic rings. The number of rotatable bonds is 2. The zero-order valence-corrected chi connectivity index (χ0v) is 9.21. The van der Waals surface area contributed by atoms with Crippen LogP contribution in [0.3, 0.4) is 0 Å². The van der Waals surface area contributed by atoms with Crippen molar-refractivity contribution < 1.29 is 9.84 Å². The third kappa shape index (κ3) is 1.79. The summed E-state index contributed by atoms with van der Waals surface area (Å²) in [5.41, 5.74) is 2.50. The van der Waals surface area contributed by atoms with Gasteiger partial charge < -0.3 is 15.2 Å². The van der Waals surface area contributed by atoms with E-state index in [2.05, 4.69) is 12.2 Å². The molecule has 1 aliphatic heterocycles. The molecule has 1 aromatic carbocycles. The molecule has 1 aliphatic rings. The van der Waals surface area contributed by atoms with Crippen LogP contribution in [0.25, 0.3) is 0 Å². The van der Waals surface area contributed by atoms with Crippen LogP contribution in [0.4, 0.5) is 0 Å². The highest BCUT2D eigenvalue weighted by molar-refractivity contribution is 5.48. The normalized spacial score (nSPS) is 19.7. The zero-order valence-electron chi connectivity index (χ0n) is 9.21. The lowest BCUT2D eigenvalue weighted by Crippen LogP contribution is -2.29. The summed E-state index contributed by atoms with van der Waals surface area (Å²) in [5.74, 6) is 0.809. The van der Waals surface area contributed by atoms with Gasteiger partial charge in [-0.1, -0.05) is 6.92 Å². The van der Waals surface area contributed by atoms with Crippen molar-refractivity contribution in [1.29, 1.82) is 0 Å². The lowest BCUT2D eigenvalue weighted by molar-refractivity contribution is 0.370. The fraction of sp³-hybridized carbons (Fsp3) is 0.500. The van der Waals surface area contributed by atoms with E-state index >= 15 is 0 Å². The molecule has 0 saturated carbocycles. The third-order valence-corrected chi connectivity index (χ3v) is 3.01. The maximum absolute atomic E-state index is 9.73. The number of methoxy groups -OCH3 is 1. The summed E-state index contributed by atoms with van der Waals surface area (Å²) in [7, 11) is 1.58. The van der Waals surface area contributed by atoms with Crippen molar-refractivity contribution in [3.63, 3.8) is 0 Å². The number of phenolic OH excluding ortho intramolecular Hbond substituents is 1. The highest BCUT2D eigenvalue weighted by atomic mass is 16.5. The average Bonchev–Trinajstić information content (AvgIpc) is 2.27. The molecule has 82 valence electrons. The number of benzene rings is 1. The summed E-state index contributed by atoms with van der Waals surface area (Å²) in [4.78, 5) is 0. The van der Waals surface area contributed by atoms with Gasteiger partial charge in [0.25, 0.3) is 0 Å². The first-order valence-electron chi connectivity index (χ1n) is 5.39. The number of aromatic hydroxyl groups is 1. The Bertz CT molecular complexity index is 363. The molecule has 0 radical (unpaired) electrons. The second kappa shape index (κ2) is 4.11. The lowest BCUT2D eigenvalue weighted by atomic mass is 9.92. The molecule has 0 spiro atoms. The molecule has 1 atom stereocenters. The molecule has 0 fully saturated rings. The molecule has 2 rings (SSSR count). The van der Waals surface area contributed by atoms with Crippen molar-refractivity contribution in [3.05, 3.63) is 23.3 Å². The van der Waals surface area contributed by atoms with Crippen LogP contribution in [-0.2, 0) is 6.42 Å². The van der Waals surface area contributed by atoms with Crippen LogP contribution >= 0.6 is 0 Å². The average molecular weight is 207 g/mol. The van der Waals surface area contributed by atoms with E-state index < -0.39 is 0 Å². The zero-order chi connectivity index (χ0) is 10.8. The number of hydrogen-bond donors (Lipinski definition) is 2. The van der Waals surface area contributed by atoms with Crippen molar-refractivity contribution in [2.75, 3.05) is 13.7 Å². The van der Waals surface area contributed by atoms with Gasteiger partial charge in [0.05, 0.1) is 7.11 Å². The smallest absolute Gasteiger partial charge is 0.160 e. The maximum Gasteiger partial charge on any atom is 0.160 e. The molecule has 3 nitrogen and oxygen atoms in total. The first kappa shape index (κ1) is 10.3. The maximum atomic E-state index is 9.73. The van der Waals surface area contributed by atoms with Gasteiger partial charge in [0.1, 0.15) is 0 Å². The van der Waals surface area contributed by atoms with Crippen molar-refractivity contribution >= 4 is 0 Å². The first-order chi connectivity index (χ1) is 7.26. The van der Waals surface area contributed by atoms with Gasteiger partial charge in [-0.2, -0.15) is 0 Å². The van der Waals surface area contributed by atoms with E-state index in [9.17, 15) is 5.11 Å². The second-order valence-electron chi connectivity index (χ2n) is 3.89. The Morgan fingerprint density at radius 2 is 2.33 bits per heavy atom. The molecule has 3 heteroatoms. The molecule has 0 amide bonds. The van der Waals surface area contributed by atoms with Crippen LogP contribution < -0.4 is 10.1 Å². The highest BCUT2D eigenvalue weighted by Gasteiger charge is 2.20. The van der Waals surface area contributed by atoms with E-state index in [0.717, 1.165) is 19.4 Å². The summed E-state index contributed by atoms with van der Waals surface area (Å²) < 4.78 is 5.11. The predicted molar refractivity (Wildman–Crippen MR) is 59.4 cm³/mol. The minimum atomic E-state index is 0.235. The van der Waals surface area contributed by atoms with Crippen molar-refractivity contribution in [2.45, 2.75) is 25.8 Å². The van der Waals surface area contributed by atoms with Gasteiger partial charge in [0.2, 0.25) is 0 Å². The largest absolute Gasteiger partial charge is 0.504 e. The van der Waals surface area contributed by atoms with Crippen LogP contribution in [-0.4, -0.2) is 18.8 Å². The summed E-state index contributed by atoms with van der Waals surface area (Å²) in [6, 6.07) is 4.15. The van der Waals surface area contributed by atoms with E-state index in [1.54, 1.807) is 7.11 Å². The van der Waals surface area contributed by atoms with Gasteiger partial charge in [-0.15, -0.1) is 0 Å². The molecule has 0 aromatic heterocycles. The predicted octanol–water partition coefficient (Wildman–Crippen LogP) is 2.00. The van der Waals surface area contributed by atoms with Crippen molar-refractivity contribution in [1.82, 2.24) is 5.32 Å². The minimum absolute atomic E-state index is 0.235. The molecule has 1 unspecified atom stereocenters. The fourth-order valence-corrected chi connectivity index (χ4v) is 2.19. The van der Waals surface area contributed by atoms with Gasteiger partial charge in [-0.05, 0) is 42.6 Å². The summed E-state index contributed by atoms with van der Waals surface area (Å²) in [5, 5.41) is 13.2. The second-order valence-corrected chi connectivity index (χ2v) is 3.89. The van der Waals surface area contributed by atoms with Crippen molar-refractivity contribution in [3.8, 4) is 11.5 Å². The van der Waals surface area contributed by atoms with E-state index in [1.165, 1.54) is 11.1 Å². The summed E-state index contributed by atoms with van der Waals surface area (Å²) >= 11 is 0. The molecule has 1 heterocycles. The SMILES string of the molecule is CCC1NCCc2cc(OC)c(O)cc21. The Morgan fingerprint density at radius 3 is 3.00 bits per heavy atom. The van der Waals surface area contributed by atoms with Crippen LogP contribution in [0.1, 0.15) is 30.5 Å². The van der Waals surface area contributed by atoms with Crippen LogP contribution in [0.5, 0.6) is 11.5 Å². The molecule has 0 aliphatic carbocycles. The number of fused-ring (bicyclic) bond motifs is 1. The van der Waals surface area contributed by atoms with E-state index in [0.29, 0.717) is 11.8 Å². The molecule has 0 bridgehead atoms. The quantitative estimate of drug-likeness (QED) is 0.779. The molecule has 0 saturated heterocycles. The van der Waals surface area contributed by atoms with Gasteiger partial charge in [-0.3, -0.25) is 0 Å². The first-order valence-corrected chi connectivity index (χ1v) is 5.39. The van der Waals surface area contributed by atoms with Crippen molar-refractivity contribution in [2.24, 2.45) is 0 Å². The molecular weight excluding hydrogens is 190 g/mol. The van der Waals surface area contributed by atoms with E-state index in [-0.39, 0.29) is 5.75 Å². The van der Waals surface area contributed by atoms with Gasteiger partial charge >= 0.3 is 0 Å². The monoisotopic (exact) mass is 207 g/mol. The number of hydrogen-bond acceptors (Lipinski definition) is 3. The Morgan fingerprint density at radius 1 is 1.53 bits per heavy atom. The standard InChI is InChI=1S/C12H17NO2/c1-3-10-9-7-11(14)12(15-2)6-8(9)4-5-13-10/h6-7,10,13-14H,3-5H2,1-2H3. The van der Waals surface area contributed by atoms with Gasteiger partial charge in [0.15, 0.2) is 11.5 Å². The van der Waals surface area contributed by atoms with Gasteiger partial charge in [-0.25, -0.2) is 0 Å². The van der Waals surface area contributed by atoms with Crippen LogP contribution in [0.2, 0.25) is 0 Å². The lowest BCUT2D eigenvalue weighted by Gasteiger charge is -2.26.